The lowest BCUT2D eigenvalue weighted by atomic mass is 9.86. The van der Waals surface area contributed by atoms with Crippen LogP contribution in [0.3, 0.4) is 0 Å². The van der Waals surface area contributed by atoms with E-state index in [1.807, 2.05) is 13.8 Å². The maximum atomic E-state index is 13.8. The SMILES string of the molecule is CC(C)c1onc(-c2ccccc2C(F)(F)F)c1CC(Oc1ccc(C(=O)O)cc1)C1CCNCC1. The van der Waals surface area contributed by atoms with Crippen molar-refractivity contribution >= 4 is 5.97 Å². The fraction of sp³-hybridized carbons (Fsp3) is 0.407. The summed E-state index contributed by atoms with van der Waals surface area (Å²) in [7, 11) is 0. The Morgan fingerprint density at radius 2 is 1.81 bits per heavy atom. The fourth-order valence-electron chi connectivity index (χ4n) is 4.69. The van der Waals surface area contributed by atoms with Gasteiger partial charge in [-0.05, 0) is 62.2 Å². The summed E-state index contributed by atoms with van der Waals surface area (Å²) in [6.07, 6.45) is -2.91. The van der Waals surface area contributed by atoms with Gasteiger partial charge in [-0.1, -0.05) is 37.2 Å². The van der Waals surface area contributed by atoms with Crippen LogP contribution in [0.1, 0.15) is 59.9 Å². The molecule has 36 heavy (non-hydrogen) atoms. The summed E-state index contributed by atoms with van der Waals surface area (Å²) in [5.74, 6) is 0.0541. The van der Waals surface area contributed by atoms with Crippen LogP contribution in [0.4, 0.5) is 13.2 Å². The molecule has 2 N–H and O–H groups in total. The van der Waals surface area contributed by atoms with Gasteiger partial charge in [0.1, 0.15) is 23.3 Å². The molecule has 1 aliphatic rings. The quantitative estimate of drug-likeness (QED) is 0.383. The lowest BCUT2D eigenvalue weighted by molar-refractivity contribution is -0.137. The van der Waals surface area contributed by atoms with Crippen molar-refractivity contribution in [2.24, 2.45) is 5.92 Å². The van der Waals surface area contributed by atoms with Crippen molar-refractivity contribution in [3.8, 4) is 17.0 Å². The number of benzene rings is 2. The zero-order chi connectivity index (χ0) is 25.9. The van der Waals surface area contributed by atoms with Gasteiger partial charge < -0.3 is 19.7 Å². The van der Waals surface area contributed by atoms with Crippen molar-refractivity contribution in [1.82, 2.24) is 10.5 Å². The van der Waals surface area contributed by atoms with Crippen LogP contribution in [0, 0.1) is 5.92 Å². The van der Waals surface area contributed by atoms with E-state index in [0.29, 0.717) is 23.5 Å². The van der Waals surface area contributed by atoms with Gasteiger partial charge in [-0.15, -0.1) is 0 Å². The summed E-state index contributed by atoms with van der Waals surface area (Å²) >= 11 is 0. The second kappa shape index (κ2) is 10.7. The standard InChI is InChI=1S/C27H29F3N2O4/c1-16(2)25-21(24(32-36-25)20-5-3-4-6-22(20)27(28,29)30)15-23(17-11-13-31-14-12-17)35-19-9-7-18(8-10-19)26(33)34/h3-10,16-17,23,31H,11-15H2,1-2H3,(H,33,34). The number of halogens is 3. The van der Waals surface area contributed by atoms with Crippen molar-refractivity contribution in [3.05, 3.63) is 71.0 Å². The van der Waals surface area contributed by atoms with Crippen molar-refractivity contribution in [1.29, 1.82) is 0 Å². The fourth-order valence-corrected chi connectivity index (χ4v) is 4.69. The van der Waals surface area contributed by atoms with Crippen LogP contribution in [0.5, 0.6) is 5.75 Å². The Kier molecular flexibility index (Phi) is 7.68. The number of hydrogen-bond donors (Lipinski definition) is 2. The predicted octanol–water partition coefficient (Wildman–Crippen LogP) is 6.17. The number of carbonyl (C=O) groups is 1. The van der Waals surface area contributed by atoms with Gasteiger partial charge in [0.25, 0.3) is 0 Å². The lowest BCUT2D eigenvalue weighted by Gasteiger charge is -2.31. The van der Waals surface area contributed by atoms with Gasteiger partial charge in [0.15, 0.2) is 0 Å². The third kappa shape index (κ3) is 5.73. The highest BCUT2D eigenvalue weighted by Gasteiger charge is 2.36. The number of nitrogens with one attached hydrogen (secondary N) is 1. The average Bonchev–Trinajstić information content (AvgIpc) is 3.28. The van der Waals surface area contributed by atoms with Crippen molar-refractivity contribution in [2.45, 2.75) is 51.3 Å². The lowest BCUT2D eigenvalue weighted by Crippen LogP contribution is -2.38. The minimum atomic E-state index is -4.54. The summed E-state index contributed by atoms with van der Waals surface area (Å²) in [4.78, 5) is 11.2. The Hall–Kier alpha value is -3.33. The zero-order valence-electron chi connectivity index (χ0n) is 20.1. The maximum Gasteiger partial charge on any atom is 0.417 e. The normalized spacial score (nSPS) is 15.7. The predicted molar refractivity (Wildman–Crippen MR) is 128 cm³/mol. The van der Waals surface area contributed by atoms with E-state index in [2.05, 4.69) is 10.5 Å². The zero-order valence-corrected chi connectivity index (χ0v) is 20.1. The number of alkyl halides is 3. The van der Waals surface area contributed by atoms with Crippen LogP contribution in [-0.4, -0.2) is 35.4 Å². The molecule has 1 fully saturated rings. The maximum absolute atomic E-state index is 13.8. The van der Waals surface area contributed by atoms with E-state index in [1.54, 1.807) is 18.2 Å². The van der Waals surface area contributed by atoms with E-state index < -0.39 is 17.7 Å². The smallest absolute Gasteiger partial charge is 0.417 e. The van der Waals surface area contributed by atoms with E-state index in [-0.39, 0.29) is 34.8 Å². The number of piperidine rings is 1. The van der Waals surface area contributed by atoms with Crippen molar-refractivity contribution in [3.63, 3.8) is 0 Å². The molecule has 0 bridgehead atoms. The van der Waals surface area contributed by atoms with Gasteiger partial charge in [0.05, 0.1) is 11.1 Å². The summed E-state index contributed by atoms with van der Waals surface area (Å²) in [6, 6.07) is 11.5. The van der Waals surface area contributed by atoms with Gasteiger partial charge in [0, 0.05) is 23.5 Å². The molecule has 1 unspecified atom stereocenters. The second-order valence-corrected chi connectivity index (χ2v) is 9.35. The number of hydrogen-bond acceptors (Lipinski definition) is 5. The molecule has 2 aromatic carbocycles. The molecular formula is C27H29F3N2O4. The number of carboxylic acid groups (broad SMARTS) is 1. The first kappa shape index (κ1) is 25.8. The molecule has 1 atom stereocenters. The number of rotatable bonds is 8. The Morgan fingerprint density at radius 3 is 2.42 bits per heavy atom. The first-order valence-electron chi connectivity index (χ1n) is 12.0. The van der Waals surface area contributed by atoms with Crippen LogP contribution in [0.2, 0.25) is 0 Å². The van der Waals surface area contributed by atoms with Crippen LogP contribution >= 0.6 is 0 Å². The topological polar surface area (TPSA) is 84.6 Å². The number of carboxylic acids is 1. The molecule has 6 nitrogen and oxygen atoms in total. The van der Waals surface area contributed by atoms with E-state index >= 15 is 0 Å². The van der Waals surface area contributed by atoms with Crippen LogP contribution in [0.15, 0.2) is 53.1 Å². The van der Waals surface area contributed by atoms with Gasteiger partial charge in [-0.2, -0.15) is 13.2 Å². The monoisotopic (exact) mass is 502 g/mol. The van der Waals surface area contributed by atoms with Crippen LogP contribution in [-0.2, 0) is 12.6 Å². The first-order valence-corrected chi connectivity index (χ1v) is 12.0. The minimum absolute atomic E-state index is 0.0227. The molecule has 1 saturated heterocycles. The third-order valence-corrected chi connectivity index (χ3v) is 6.53. The van der Waals surface area contributed by atoms with Crippen molar-refractivity contribution in [2.75, 3.05) is 13.1 Å². The van der Waals surface area contributed by atoms with Gasteiger partial charge in [-0.3, -0.25) is 0 Å². The number of aromatic nitrogens is 1. The Labute approximate surface area is 207 Å². The van der Waals surface area contributed by atoms with E-state index in [1.165, 1.54) is 24.3 Å². The summed E-state index contributed by atoms with van der Waals surface area (Å²) in [5, 5.41) is 16.6. The highest BCUT2D eigenvalue weighted by atomic mass is 19.4. The molecule has 0 radical (unpaired) electrons. The first-order chi connectivity index (χ1) is 17.1. The van der Waals surface area contributed by atoms with Gasteiger partial charge in [0.2, 0.25) is 0 Å². The molecule has 192 valence electrons. The number of nitrogens with zero attached hydrogens (tertiary/aromatic N) is 1. The molecule has 0 amide bonds. The molecule has 0 spiro atoms. The Balaban J connectivity index is 1.74. The number of aromatic carboxylic acids is 1. The number of ether oxygens (including phenoxy) is 1. The van der Waals surface area contributed by atoms with Crippen LogP contribution < -0.4 is 10.1 Å². The summed E-state index contributed by atoms with van der Waals surface area (Å²) in [5.41, 5.74) is 0.139. The molecule has 4 rings (SSSR count). The molecule has 3 aromatic rings. The molecule has 2 heterocycles. The van der Waals surface area contributed by atoms with Crippen molar-refractivity contribution < 1.29 is 32.3 Å². The van der Waals surface area contributed by atoms with E-state index in [4.69, 9.17) is 9.26 Å². The molecular weight excluding hydrogens is 473 g/mol. The van der Waals surface area contributed by atoms with Gasteiger partial charge >= 0.3 is 12.1 Å². The molecule has 0 saturated carbocycles. The largest absolute Gasteiger partial charge is 0.490 e. The molecule has 0 aliphatic carbocycles. The van der Waals surface area contributed by atoms with Gasteiger partial charge in [-0.25, -0.2) is 4.79 Å². The highest BCUT2D eigenvalue weighted by Crippen LogP contribution is 2.40. The highest BCUT2D eigenvalue weighted by molar-refractivity contribution is 5.87. The second-order valence-electron chi connectivity index (χ2n) is 9.35. The average molecular weight is 503 g/mol. The minimum Gasteiger partial charge on any atom is -0.490 e. The summed E-state index contributed by atoms with van der Waals surface area (Å²) in [6.45, 7) is 5.45. The summed E-state index contributed by atoms with van der Waals surface area (Å²) < 4.78 is 53.5. The van der Waals surface area contributed by atoms with Crippen LogP contribution in [0.25, 0.3) is 11.3 Å². The molecule has 1 aliphatic heterocycles. The third-order valence-electron chi connectivity index (χ3n) is 6.53. The molecule has 9 heteroatoms. The molecule has 1 aromatic heterocycles. The Bertz CT molecular complexity index is 1180. The Morgan fingerprint density at radius 1 is 1.14 bits per heavy atom. The van der Waals surface area contributed by atoms with E-state index in [9.17, 15) is 23.1 Å². The van der Waals surface area contributed by atoms with E-state index in [0.717, 1.165) is 32.0 Å².